The van der Waals surface area contributed by atoms with Crippen LogP contribution in [-0.2, 0) is 0 Å². The molecule has 3 atom stereocenters. The molecule has 1 saturated carbocycles. The average Bonchev–Trinajstić information content (AvgIpc) is 2.89. The lowest BCUT2D eigenvalue weighted by atomic mass is 9.68. The summed E-state index contributed by atoms with van der Waals surface area (Å²) >= 11 is 0. The van der Waals surface area contributed by atoms with E-state index in [-0.39, 0.29) is 0 Å². The zero-order valence-electron chi connectivity index (χ0n) is 13.4. The highest BCUT2D eigenvalue weighted by Gasteiger charge is 2.36. The van der Waals surface area contributed by atoms with Crippen molar-refractivity contribution in [3.8, 4) is 0 Å². The normalized spacial score (nSPS) is 27.1. The van der Waals surface area contributed by atoms with Gasteiger partial charge in [-0.15, -0.1) is 0 Å². The van der Waals surface area contributed by atoms with Gasteiger partial charge in [0.1, 0.15) is 0 Å². The van der Waals surface area contributed by atoms with Crippen molar-refractivity contribution in [1.82, 2.24) is 9.78 Å². The van der Waals surface area contributed by atoms with Crippen LogP contribution in [-0.4, -0.2) is 16.3 Å². The Balaban J connectivity index is 1.96. The SMILES string of the molecule is CC(C)(C)C1CCC(CN)C(n2ncc3ccccc32)C1. The molecule has 3 unspecified atom stereocenters. The van der Waals surface area contributed by atoms with E-state index in [1.807, 2.05) is 6.20 Å². The fourth-order valence-electron chi connectivity index (χ4n) is 3.83. The van der Waals surface area contributed by atoms with Crippen molar-refractivity contribution >= 4 is 10.9 Å². The molecule has 0 saturated heterocycles. The zero-order chi connectivity index (χ0) is 15.0. The summed E-state index contributed by atoms with van der Waals surface area (Å²) in [5, 5.41) is 5.92. The number of benzene rings is 1. The molecule has 0 aliphatic heterocycles. The van der Waals surface area contributed by atoms with Gasteiger partial charge in [-0.05, 0) is 49.1 Å². The van der Waals surface area contributed by atoms with Crippen LogP contribution in [0.15, 0.2) is 30.5 Å². The third-order valence-corrected chi connectivity index (χ3v) is 5.30. The van der Waals surface area contributed by atoms with E-state index in [2.05, 4.69) is 49.7 Å². The minimum Gasteiger partial charge on any atom is -0.330 e. The van der Waals surface area contributed by atoms with Gasteiger partial charge < -0.3 is 5.73 Å². The lowest BCUT2D eigenvalue weighted by Crippen LogP contribution is -2.36. The summed E-state index contributed by atoms with van der Waals surface area (Å²) < 4.78 is 2.24. The maximum Gasteiger partial charge on any atom is 0.0685 e. The number of para-hydroxylation sites is 1. The van der Waals surface area contributed by atoms with Crippen LogP contribution < -0.4 is 5.73 Å². The van der Waals surface area contributed by atoms with E-state index in [9.17, 15) is 0 Å². The van der Waals surface area contributed by atoms with Gasteiger partial charge in [0.05, 0.1) is 17.8 Å². The summed E-state index contributed by atoms with van der Waals surface area (Å²) in [5.74, 6) is 1.29. The second-order valence-corrected chi connectivity index (χ2v) is 7.59. The summed E-state index contributed by atoms with van der Waals surface area (Å²) in [6.07, 6.45) is 5.69. The van der Waals surface area contributed by atoms with Crippen LogP contribution in [0.5, 0.6) is 0 Å². The van der Waals surface area contributed by atoms with Crippen molar-refractivity contribution in [3.63, 3.8) is 0 Å². The van der Waals surface area contributed by atoms with Gasteiger partial charge in [-0.3, -0.25) is 4.68 Å². The highest BCUT2D eigenvalue weighted by Crippen LogP contribution is 2.44. The molecular formula is C18H27N3. The number of rotatable bonds is 2. The summed E-state index contributed by atoms with van der Waals surface area (Å²) in [7, 11) is 0. The standard InChI is InChI=1S/C18H27N3/c1-18(2,3)15-9-8-13(11-19)17(10-15)21-16-7-5-4-6-14(16)12-20-21/h4-7,12-13,15,17H,8-11,19H2,1-3H3. The topological polar surface area (TPSA) is 43.8 Å². The quantitative estimate of drug-likeness (QED) is 0.906. The lowest BCUT2D eigenvalue weighted by molar-refractivity contribution is 0.102. The molecule has 1 heterocycles. The van der Waals surface area contributed by atoms with E-state index in [4.69, 9.17) is 10.8 Å². The lowest BCUT2D eigenvalue weighted by Gasteiger charge is -2.41. The van der Waals surface area contributed by atoms with Crippen molar-refractivity contribution in [2.45, 2.75) is 46.1 Å². The second kappa shape index (κ2) is 5.45. The fourth-order valence-corrected chi connectivity index (χ4v) is 3.83. The van der Waals surface area contributed by atoms with Gasteiger partial charge in [0.2, 0.25) is 0 Å². The fraction of sp³-hybridized carbons (Fsp3) is 0.611. The molecule has 3 nitrogen and oxygen atoms in total. The number of fused-ring (bicyclic) bond motifs is 1. The van der Waals surface area contributed by atoms with Crippen LogP contribution >= 0.6 is 0 Å². The van der Waals surface area contributed by atoms with Crippen molar-refractivity contribution in [2.75, 3.05) is 6.54 Å². The predicted molar refractivity (Wildman–Crippen MR) is 88.1 cm³/mol. The van der Waals surface area contributed by atoms with Crippen LogP contribution in [0.1, 0.15) is 46.1 Å². The molecule has 114 valence electrons. The first-order valence-corrected chi connectivity index (χ1v) is 8.13. The molecule has 3 rings (SSSR count). The first-order chi connectivity index (χ1) is 10.0. The molecule has 0 bridgehead atoms. The summed E-state index contributed by atoms with van der Waals surface area (Å²) in [4.78, 5) is 0. The smallest absolute Gasteiger partial charge is 0.0685 e. The van der Waals surface area contributed by atoms with Crippen LogP contribution in [0, 0.1) is 17.3 Å². The van der Waals surface area contributed by atoms with E-state index >= 15 is 0 Å². The van der Waals surface area contributed by atoms with E-state index < -0.39 is 0 Å². The summed E-state index contributed by atoms with van der Waals surface area (Å²) in [6.45, 7) is 7.84. The van der Waals surface area contributed by atoms with Crippen LogP contribution in [0.4, 0.5) is 0 Å². The van der Waals surface area contributed by atoms with E-state index in [1.54, 1.807) is 0 Å². The first kappa shape index (κ1) is 14.6. The maximum atomic E-state index is 6.06. The highest BCUT2D eigenvalue weighted by molar-refractivity contribution is 5.78. The number of nitrogens with two attached hydrogens (primary N) is 1. The summed E-state index contributed by atoms with van der Waals surface area (Å²) in [5.41, 5.74) is 7.66. The molecule has 0 spiro atoms. The molecule has 1 aromatic heterocycles. The van der Waals surface area contributed by atoms with Crippen molar-refractivity contribution < 1.29 is 0 Å². The van der Waals surface area contributed by atoms with Gasteiger partial charge in [-0.2, -0.15) is 5.10 Å². The Labute approximate surface area is 127 Å². The second-order valence-electron chi connectivity index (χ2n) is 7.59. The Kier molecular flexibility index (Phi) is 3.78. The Bertz CT molecular complexity index is 608. The molecular weight excluding hydrogens is 258 g/mol. The minimum absolute atomic E-state index is 0.362. The molecule has 0 radical (unpaired) electrons. The third-order valence-electron chi connectivity index (χ3n) is 5.30. The molecule has 2 N–H and O–H groups in total. The molecule has 1 fully saturated rings. The maximum absolute atomic E-state index is 6.06. The van der Waals surface area contributed by atoms with Crippen molar-refractivity contribution in [3.05, 3.63) is 30.5 Å². The van der Waals surface area contributed by atoms with Gasteiger partial charge >= 0.3 is 0 Å². The molecule has 1 aliphatic rings. The number of hydrogen-bond acceptors (Lipinski definition) is 2. The molecule has 21 heavy (non-hydrogen) atoms. The third kappa shape index (κ3) is 2.71. The van der Waals surface area contributed by atoms with Crippen molar-refractivity contribution in [1.29, 1.82) is 0 Å². The largest absolute Gasteiger partial charge is 0.330 e. The highest BCUT2D eigenvalue weighted by atomic mass is 15.3. The number of nitrogens with zero attached hydrogens (tertiary/aromatic N) is 2. The average molecular weight is 285 g/mol. The number of aromatic nitrogens is 2. The first-order valence-electron chi connectivity index (χ1n) is 8.13. The minimum atomic E-state index is 0.362. The van der Waals surface area contributed by atoms with Gasteiger partial charge in [-0.25, -0.2) is 0 Å². The Hall–Kier alpha value is -1.35. The van der Waals surface area contributed by atoms with E-state index in [1.165, 1.54) is 30.2 Å². The Morgan fingerprint density at radius 3 is 2.71 bits per heavy atom. The van der Waals surface area contributed by atoms with Crippen LogP contribution in [0.2, 0.25) is 0 Å². The predicted octanol–water partition coefficient (Wildman–Crippen LogP) is 4.00. The van der Waals surface area contributed by atoms with Gasteiger partial charge in [0.15, 0.2) is 0 Å². The molecule has 1 aromatic carbocycles. The monoisotopic (exact) mass is 285 g/mol. The molecule has 0 amide bonds. The zero-order valence-corrected chi connectivity index (χ0v) is 13.4. The summed E-state index contributed by atoms with van der Waals surface area (Å²) in [6, 6.07) is 8.93. The van der Waals surface area contributed by atoms with Crippen molar-refractivity contribution in [2.24, 2.45) is 23.0 Å². The van der Waals surface area contributed by atoms with Gasteiger partial charge in [0, 0.05) is 5.39 Å². The van der Waals surface area contributed by atoms with Crippen LogP contribution in [0.3, 0.4) is 0 Å². The molecule has 1 aliphatic carbocycles. The Morgan fingerprint density at radius 2 is 2.00 bits per heavy atom. The van der Waals surface area contributed by atoms with Gasteiger partial charge in [0.25, 0.3) is 0 Å². The number of hydrogen-bond donors (Lipinski definition) is 1. The Morgan fingerprint density at radius 1 is 1.24 bits per heavy atom. The molecule has 2 aromatic rings. The van der Waals surface area contributed by atoms with E-state index in [0.717, 1.165) is 12.5 Å². The van der Waals surface area contributed by atoms with E-state index in [0.29, 0.717) is 17.4 Å². The molecule has 3 heteroatoms. The van der Waals surface area contributed by atoms with Crippen LogP contribution in [0.25, 0.3) is 10.9 Å². The van der Waals surface area contributed by atoms with Gasteiger partial charge in [-0.1, -0.05) is 39.0 Å².